The topological polar surface area (TPSA) is 49.4 Å². The van der Waals surface area contributed by atoms with Gasteiger partial charge in [-0.3, -0.25) is 9.59 Å². The van der Waals surface area contributed by atoms with Crippen molar-refractivity contribution in [3.63, 3.8) is 0 Å². The summed E-state index contributed by atoms with van der Waals surface area (Å²) in [7, 11) is 0. The molecule has 0 aliphatic carbocycles. The van der Waals surface area contributed by atoms with E-state index in [1.54, 1.807) is 4.90 Å². The molecule has 0 aliphatic heterocycles. The van der Waals surface area contributed by atoms with Crippen molar-refractivity contribution in [1.82, 2.24) is 10.2 Å². The first-order valence-electron chi connectivity index (χ1n) is 10.1. The van der Waals surface area contributed by atoms with Gasteiger partial charge in [0.05, 0.1) is 6.42 Å². The fraction of sp³-hybridized carbons (Fsp3) is 0.417. The van der Waals surface area contributed by atoms with Crippen molar-refractivity contribution in [2.24, 2.45) is 0 Å². The second-order valence-electron chi connectivity index (χ2n) is 7.43. The smallest absolute Gasteiger partial charge is 0.242 e. The SMILES string of the molecule is CCCCNC(=O)[C@@H](C)N(Cc1ccccc1C)C(=O)Cc1cccc(C)c1. The van der Waals surface area contributed by atoms with Gasteiger partial charge in [-0.25, -0.2) is 0 Å². The summed E-state index contributed by atoms with van der Waals surface area (Å²) < 4.78 is 0. The summed E-state index contributed by atoms with van der Waals surface area (Å²) in [5.74, 6) is -0.133. The Balaban J connectivity index is 2.20. The molecule has 1 N–H and O–H groups in total. The standard InChI is InChI=1S/C24H32N2O2/c1-5-6-14-25-24(28)20(4)26(17-22-13-8-7-11-19(22)3)23(27)16-21-12-9-10-18(2)15-21/h7-13,15,20H,5-6,14,16-17H2,1-4H3,(H,25,28)/t20-/m1/s1. The lowest BCUT2D eigenvalue weighted by molar-refractivity contribution is -0.140. The molecule has 0 radical (unpaired) electrons. The van der Waals surface area contributed by atoms with Crippen LogP contribution >= 0.6 is 0 Å². The maximum atomic E-state index is 13.2. The van der Waals surface area contributed by atoms with Crippen LogP contribution in [0.2, 0.25) is 0 Å². The number of hydrogen-bond donors (Lipinski definition) is 1. The number of nitrogens with one attached hydrogen (secondary N) is 1. The minimum absolute atomic E-state index is 0.0352. The van der Waals surface area contributed by atoms with Crippen LogP contribution in [0.25, 0.3) is 0 Å². The zero-order valence-corrected chi connectivity index (χ0v) is 17.5. The minimum atomic E-state index is -0.520. The Kier molecular flexibility index (Phi) is 8.24. The predicted molar refractivity (Wildman–Crippen MR) is 114 cm³/mol. The minimum Gasteiger partial charge on any atom is -0.354 e. The Morgan fingerprint density at radius 2 is 1.82 bits per heavy atom. The molecule has 150 valence electrons. The number of unbranched alkanes of at least 4 members (excludes halogenated alkanes) is 1. The van der Waals surface area contributed by atoms with Gasteiger partial charge in [0.15, 0.2) is 0 Å². The lowest BCUT2D eigenvalue weighted by Gasteiger charge is -2.29. The molecule has 0 spiro atoms. The van der Waals surface area contributed by atoms with Gasteiger partial charge < -0.3 is 10.2 Å². The molecule has 0 unspecified atom stereocenters. The van der Waals surface area contributed by atoms with Gasteiger partial charge in [-0.2, -0.15) is 0 Å². The molecule has 2 aromatic carbocycles. The van der Waals surface area contributed by atoms with E-state index < -0.39 is 6.04 Å². The Bertz CT molecular complexity index is 801. The molecule has 1 atom stereocenters. The number of amides is 2. The van der Waals surface area contributed by atoms with Gasteiger partial charge in [0.25, 0.3) is 0 Å². The Labute approximate surface area is 169 Å². The molecular weight excluding hydrogens is 348 g/mol. The molecule has 0 saturated carbocycles. The van der Waals surface area contributed by atoms with Crippen molar-refractivity contribution < 1.29 is 9.59 Å². The van der Waals surface area contributed by atoms with E-state index in [1.807, 2.05) is 69.3 Å². The van der Waals surface area contributed by atoms with E-state index in [4.69, 9.17) is 0 Å². The highest BCUT2D eigenvalue weighted by Crippen LogP contribution is 2.16. The van der Waals surface area contributed by atoms with Gasteiger partial charge in [-0.1, -0.05) is 67.4 Å². The monoisotopic (exact) mass is 380 g/mol. The first-order valence-corrected chi connectivity index (χ1v) is 10.1. The first kappa shape index (κ1) is 21.7. The van der Waals surface area contributed by atoms with Crippen molar-refractivity contribution in [3.8, 4) is 0 Å². The highest BCUT2D eigenvalue weighted by Gasteiger charge is 2.26. The lowest BCUT2D eigenvalue weighted by atomic mass is 10.0. The number of aryl methyl sites for hydroxylation is 2. The normalized spacial score (nSPS) is 11.7. The van der Waals surface area contributed by atoms with Crippen LogP contribution in [0.1, 0.15) is 48.9 Å². The fourth-order valence-corrected chi connectivity index (χ4v) is 3.19. The molecule has 28 heavy (non-hydrogen) atoms. The third-order valence-corrected chi connectivity index (χ3v) is 5.04. The van der Waals surface area contributed by atoms with E-state index in [2.05, 4.69) is 12.2 Å². The van der Waals surface area contributed by atoms with Crippen LogP contribution in [-0.2, 0) is 22.6 Å². The quantitative estimate of drug-likeness (QED) is 0.664. The van der Waals surface area contributed by atoms with Crippen LogP contribution in [0.4, 0.5) is 0 Å². The van der Waals surface area contributed by atoms with Gasteiger partial charge in [0.1, 0.15) is 6.04 Å². The van der Waals surface area contributed by atoms with Gasteiger partial charge in [-0.15, -0.1) is 0 Å². The predicted octanol–water partition coefficient (Wildman–Crippen LogP) is 4.18. The molecule has 0 aromatic heterocycles. The van der Waals surface area contributed by atoms with E-state index in [0.29, 0.717) is 19.5 Å². The van der Waals surface area contributed by atoms with Gasteiger partial charge in [0, 0.05) is 13.1 Å². The average molecular weight is 381 g/mol. The number of nitrogens with zero attached hydrogens (tertiary/aromatic N) is 1. The molecule has 0 heterocycles. The van der Waals surface area contributed by atoms with E-state index >= 15 is 0 Å². The van der Waals surface area contributed by atoms with Crippen molar-refractivity contribution in [2.45, 2.75) is 59.5 Å². The van der Waals surface area contributed by atoms with Crippen LogP contribution < -0.4 is 5.32 Å². The van der Waals surface area contributed by atoms with Gasteiger partial charge >= 0.3 is 0 Å². The molecule has 2 rings (SSSR count). The first-order chi connectivity index (χ1) is 13.4. The van der Waals surface area contributed by atoms with E-state index in [9.17, 15) is 9.59 Å². The number of carbonyl (C=O) groups is 2. The lowest BCUT2D eigenvalue weighted by Crippen LogP contribution is -2.48. The zero-order valence-electron chi connectivity index (χ0n) is 17.5. The molecule has 4 nitrogen and oxygen atoms in total. The van der Waals surface area contributed by atoms with Crippen LogP contribution in [0.15, 0.2) is 48.5 Å². The molecule has 0 bridgehead atoms. The Morgan fingerprint density at radius 1 is 1.07 bits per heavy atom. The van der Waals surface area contributed by atoms with Gasteiger partial charge in [0.2, 0.25) is 11.8 Å². The number of benzene rings is 2. The van der Waals surface area contributed by atoms with Crippen LogP contribution in [0.3, 0.4) is 0 Å². The molecule has 2 amide bonds. The summed E-state index contributed by atoms with van der Waals surface area (Å²) in [5, 5.41) is 2.96. The largest absolute Gasteiger partial charge is 0.354 e. The van der Waals surface area contributed by atoms with Crippen LogP contribution in [0.5, 0.6) is 0 Å². The number of carbonyl (C=O) groups excluding carboxylic acids is 2. The highest BCUT2D eigenvalue weighted by molar-refractivity contribution is 5.88. The summed E-state index contributed by atoms with van der Waals surface area (Å²) in [4.78, 5) is 27.5. The fourth-order valence-electron chi connectivity index (χ4n) is 3.19. The third-order valence-electron chi connectivity index (χ3n) is 5.04. The maximum absolute atomic E-state index is 13.2. The van der Waals surface area contributed by atoms with Crippen LogP contribution in [0, 0.1) is 13.8 Å². The Morgan fingerprint density at radius 3 is 2.50 bits per heavy atom. The van der Waals surface area contributed by atoms with Crippen molar-refractivity contribution >= 4 is 11.8 Å². The second kappa shape index (κ2) is 10.6. The average Bonchev–Trinajstić information content (AvgIpc) is 2.67. The Hall–Kier alpha value is -2.62. The molecule has 2 aromatic rings. The second-order valence-corrected chi connectivity index (χ2v) is 7.43. The molecule has 0 fully saturated rings. The summed E-state index contributed by atoms with van der Waals surface area (Å²) in [5.41, 5.74) is 4.28. The van der Waals surface area contributed by atoms with Crippen molar-refractivity contribution in [2.75, 3.05) is 6.54 Å². The summed E-state index contributed by atoms with van der Waals surface area (Å²) in [6.07, 6.45) is 2.25. The van der Waals surface area contributed by atoms with E-state index in [0.717, 1.165) is 35.1 Å². The maximum Gasteiger partial charge on any atom is 0.242 e. The number of hydrogen-bond acceptors (Lipinski definition) is 2. The molecular formula is C24H32N2O2. The van der Waals surface area contributed by atoms with Crippen molar-refractivity contribution in [3.05, 3.63) is 70.8 Å². The van der Waals surface area contributed by atoms with Gasteiger partial charge in [-0.05, 0) is 43.9 Å². The van der Waals surface area contributed by atoms with E-state index in [-0.39, 0.29) is 11.8 Å². The summed E-state index contributed by atoms with van der Waals surface area (Å²) >= 11 is 0. The van der Waals surface area contributed by atoms with Crippen molar-refractivity contribution in [1.29, 1.82) is 0 Å². The molecule has 4 heteroatoms. The molecule has 0 aliphatic rings. The number of rotatable bonds is 9. The summed E-state index contributed by atoms with van der Waals surface area (Å²) in [6.45, 7) is 9.02. The third kappa shape index (κ3) is 6.22. The van der Waals surface area contributed by atoms with E-state index in [1.165, 1.54) is 0 Å². The summed E-state index contributed by atoms with van der Waals surface area (Å²) in [6, 6.07) is 15.4. The highest BCUT2D eigenvalue weighted by atomic mass is 16.2. The van der Waals surface area contributed by atoms with Crippen LogP contribution in [-0.4, -0.2) is 29.3 Å². The zero-order chi connectivity index (χ0) is 20.5. The molecule has 0 saturated heterocycles.